The van der Waals surface area contributed by atoms with E-state index in [1.54, 1.807) is 30.5 Å². The van der Waals surface area contributed by atoms with E-state index in [1.165, 1.54) is 12.1 Å². The van der Waals surface area contributed by atoms with Crippen molar-refractivity contribution in [3.63, 3.8) is 0 Å². The van der Waals surface area contributed by atoms with Gasteiger partial charge >= 0.3 is 0 Å². The summed E-state index contributed by atoms with van der Waals surface area (Å²) in [5.41, 5.74) is 1.70. The van der Waals surface area contributed by atoms with E-state index in [2.05, 4.69) is 10.3 Å². The molecule has 0 spiro atoms. The van der Waals surface area contributed by atoms with Crippen LogP contribution in [0.25, 0.3) is 0 Å². The van der Waals surface area contributed by atoms with Gasteiger partial charge in [0.1, 0.15) is 5.82 Å². The third-order valence-electron chi connectivity index (χ3n) is 2.67. The SMILES string of the molecule is CCNC(c1ccc(F)cc1)c1ncccc1Cl. The van der Waals surface area contributed by atoms with Crippen LogP contribution < -0.4 is 5.32 Å². The lowest BCUT2D eigenvalue weighted by molar-refractivity contribution is 0.605. The minimum absolute atomic E-state index is 0.121. The van der Waals surface area contributed by atoms with Crippen LogP contribution in [0.15, 0.2) is 42.6 Å². The maximum atomic E-state index is 13.0. The first kappa shape index (κ1) is 13.0. The van der Waals surface area contributed by atoms with Crippen LogP contribution in [0.1, 0.15) is 24.2 Å². The summed E-state index contributed by atoms with van der Waals surface area (Å²) >= 11 is 6.16. The van der Waals surface area contributed by atoms with Crippen molar-refractivity contribution in [2.24, 2.45) is 0 Å². The summed E-state index contributed by atoms with van der Waals surface area (Å²) in [4.78, 5) is 4.31. The molecule has 0 aliphatic rings. The smallest absolute Gasteiger partial charge is 0.123 e. The zero-order chi connectivity index (χ0) is 13.0. The quantitative estimate of drug-likeness (QED) is 0.913. The monoisotopic (exact) mass is 264 g/mol. The standard InChI is InChI=1S/C14H14ClFN2/c1-2-17-13(10-5-7-11(16)8-6-10)14-12(15)4-3-9-18-14/h3-9,13,17H,2H2,1H3. The Morgan fingerprint density at radius 1 is 1.28 bits per heavy atom. The van der Waals surface area contributed by atoms with Crippen LogP contribution in [0.5, 0.6) is 0 Å². The molecule has 2 rings (SSSR count). The van der Waals surface area contributed by atoms with E-state index in [1.807, 2.05) is 6.92 Å². The molecule has 0 radical (unpaired) electrons. The number of benzene rings is 1. The molecule has 0 bridgehead atoms. The van der Waals surface area contributed by atoms with Gasteiger partial charge in [0.25, 0.3) is 0 Å². The number of nitrogens with one attached hydrogen (secondary N) is 1. The predicted molar refractivity (Wildman–Crippen MR) is 71.2 cm³/mol. The molecular weight excluding hydrogens is 251 g/mol. The van der Waals surface area contributed by atoms with E-state index in [4.69, 9.17) is 11.6 Å². The average Bonchev–Trinajstić information content (AvgIpc) is 2.38. The van der Waals surface area contributed by atoms with Gasteiger partial charge in [0.2, 0.25) is 0 Å². The van der Waals surface area contributed by atoms with Crippen molar-refractivity contribution < 1.29 is 4.39 Å². The Hall–Kier alpha value is -1.45. The van der Waals surface area contributed by atoms with Crippen LogP contribution in [-0.2, 0) is 0 Å². The second-order valence-corrected chi connectivity index (χ2v) is 4.32. The third-order valence-corrected chi connectivity index (χ3v) is 2.99. The number of nitrogens with zero attached hydrogens (tertiary/aromatic N) is 1. The van der Waals surface area contributed by atoms with Crippen LogP contribution >= 0.6 is 11.6 Å². The lowest BCUT2D eigenvalue weighted by Crippen LogP contribution is -2.23. The Morgan fingerprint density at radius 3 is 2.61 bits per heavy atom. The Bertz CT molecular complexity index is 513. The van der Waals surface area contributed by atoms with Gasteiger partial charge in [-0.1, -0.05) is 30.7 Å². The van der Waals surface area contributed by atoms with Gasteiger partial charge in [0.15, 0.2) is 0 Å². The fourth-order valence-corrected chi connectivity index (χ4v) is 2.07. The van der Waals surface area contributed by atoms with Crippen LogP contribution in [0, 0.1) is 5.82 Å². The zero-order valence-corrected chi connectivity index (χ0v) is 10.8. The Morgan fingerprint density at radius 2 is 2.00 bits per heavy atom. The number of aromatic nitrogens is 1. The van der Waals surface area contributed by atoms with E-state index < -0.39 is 0 Å². The lowest BCUT2D eigenvalue weighted by Gasteiger charge is -2.18. The first-order valence-corrected chi connectivity index (χ1v) is 6.19. The molecule has 94 valence electrons. The molecule has 1 aromatic carbocycles. The van der Waals surface area contributed by atoms with E-state index in [0.29, 0.717) is 5.02 Å². The number of halogens is 2. The van der Waals surface area contributed by atoms with Crippen molar-refractivity contribution in [2.75, 3.05) is 6.54 Å². The van der Waals surface area contributed by atoms with Gasteiger partial charge in [0, 0.05) is 6.20 Å². The molecule has 0 saturated heterocycles. The Balaban J connectivity index is 2.40. The topological polar surface area (TPSA) is 24.9 Å². The van der Waals surface area contributed by atoms with Crippen LogP contribution in [0.4, 0.5) is 4.39 Å². The van der Waals surface area contributed by atoms with Gasteiger partial charge in [-0.3, -0.25) is 4.98 Å². The molecule has 2 aromatic rings. The number of pyridine rings is 1. The summed E-state index contributed by atoms with van der Waals surface area (Å²) in [6.07, 6.45) is 1.70. The van der Waals surface area contributed by atoms with E-state index >= 15 is 0 Å². The molecule has 2 nitrogen and oxygen atoms in total. The van der Waals surface area contributed by atoms with E-state index in [9.17, 15) is 4.39 Å². The average molecular weight is 265 g/mol. The summed E-state index contributed by atoms with van der Waals surface area (Å²) < 4.78 is 13.0. The molecular formula is C14H14ClFN2. The second-order valence-electron chi connectivity index (χ2n) is 3.91. The van der Waals surface area contributed by atoms with Crippen molar-refractivity contribution >= 4 is 11.6 Å². The normalized spacial score (nSPS) is 12.4. The molecule has 1 N–H and O–H groups in total. The second kappa shape index (κ2) is 5.94. The van der Waals surface area contributed by atoms with Crippen LogP contribution in [0.2, 0.25) is 5.02 Å². The van der Waals surface area contributed by atoms with Crippen molar-refractivity contribution in [1.82, 2.24) is 10.3 Å². The first-order valence-electron chi connectivity index (χ1n) is 5.81. The molecule has 1 aromatic heterocycles. The number of hydrogen-bond acceptors (Lipinski definition) is 2. The molecule has 0 amide bonds. The third kappa shape index (κ3) is 2.86. The van der Waals surface area contributed by atoms with Gasteiger partial charge in [-0.05, 0) is 36.4 Å². The molecule has 0 fully saturated rings. The molecule has 1 atom stereocenters. The van der Waals surface area contributed by atoms with Crippen molar-refractivity contribution in [3.8, 4) is 0 Å². The number of hydrogen-bond donors (Lipinski definition) is 1. The summed E-state index contributed by atoms with van der Waals surface area (Å²) in [6.45, 7) is 2.78. The lowest BCUT2D eigenvalue weighted by atomic mass is 10.0. The van der Waals surface area contributed by atoms with Crippen LogP contribution in [0.3, 0.4) is 0 Å². The summed E-state index contributed by atoms with van der Waals surface area (Å²) in [5, 5.41) is 3.91. The van der Waals surface area contributed by atoms with Gasteiger partial charge in [0.05, 0.1) is 16.8 Å². The fourth-order valence-electron chi connectivity index (χ4n) is 1.84. The molecule has 0 aliphatic heterocycles. The molecule has 1 heterocycles. The highest BCUT2D eigenvalue weighted by molar-refractivity contribution is 6.31. The van der Waals surface area contributed by atoms with Gasteiger partial charge in [-0.25, -0.2) is 4.39 Å². The maximum absolute atomic E-state index is 13.0. The van der Waals surface area contributed by atoms with Crippen molar-refractivity contribution in [1.29, 1.82) is 0 Å². The fraction of sp³-hybridized carbons (Fsp3) is 0.214. The number of rotatable bonds is 4. The van der Waals surface area contributed by atoms with Crippen LogP contribution in [-0.4, -0.2) is 11.5 Å². The summed E-state index contributed by atoms with van der Waals surface area (Å²) in [7, 11) is 0. The highest BCUT2D eigenvalue weighted by Gasteiger charge is 2.17. The van der Waals surface area contributed by atoms with Gasteiger partial charge in [-0.2, -0.15) is 0 Å². The maximum Gasteiger partial charge on any atom is 0.123 e. The Kier molecular flexibility index (Phi) is 4.28. The first-order chi connectivity index (χ1) is 8.72. The molecule has 0 aliphatic carbocycles. The highest BCUT2D eigenvalue weighted by Crippen LogP contribution is 2.26. The van der Waals surface area contributed by atoms with Gasteiger partial charge in [-0.15, -0.1) is 0 Å². The predicted octanol–water partition coefficient (Wildman–Crippen LogP) is 3.57. The van der Waals surface area contributed by atoms with Crippen molar-refractivity contribution in [2.45, 2.75) is 13.0 Å². The largest absolute Gasteiger partial charge is 0.305 e. The minimum Gasteiger partial charge on any atom is -0.305 e. The van der Waals surface area contributed by atoms with Gasteiger partial charge < -0.3 is 5.32 Å². The zero-order valence-electron chi connectivity index (χ0n) is 10.0. The summed E-state index contributed by atoms with van der Waals surface area (Å²) in [5.74, 6) is -0.249. The van der Waals surface area contributed by atoms with Crippen molar-refractivity contribution in [3.05, 3.63) is 64.7 Å². The van der Waals surface area contributed by atoms with E-state index in [-0.39, 0.29) is 11.9 Å². The molecule has 1 unspecified atom stereocenters. The molecule has 18 heavy (non-hydrogen) atoms. The minimum atomic E-state index is -0.249. The summed E-state index contributed by atoms with van der Waals surface area (Å²) in [6, 6.07) is 9.84. The van der Waals surface area contributed by atoms with E-state index in [0.717, 1.165) is 17.8 Å². The highest BCUT2D eigenvalue weighted by atomic mass is 35.5. The molecule has 4 heteroatoms. The Labute approximate surface area is 111 Å². The molecule has 0 saturated carbocycles.